The summed E-state index contributed by atoms with van der Waals surface area (Å²) in [6, 6.07) is 7.26. The number of ether oxygens (including phenoxy) is 1. The van der Waals surface area contributed by atoms with E-state index >= 15 is 0 Å². The fourth-order valence-corrected chi connectivity index (χ4v) is 3.26. The van der Waals surface area contributed by atoms with Crippen LogP contribution in [0.1, 0.15) is 64.6 Å². The fourth-order valence-electron chi connectivity index (χ4n) is 3.26. The first-order valence-electron chi connectivity index (χ1n) is 11.4. The third-order valence-corrected chi connectivity index (χ3v) is 5.58. The van der Waals surface area contributed by atoms with Crippen LogP contribution in [0.25, 0.3) is 0 Å². The van der Waals surface area contributed by atoms with Crippen LogP contribution in [0, 0.1) is 29.1 Å². The smallest absolute Gasteiger partial charge is 0.145 e. The minimum absolute atomic E-state index is 0.167. The summed E-state index contributed by atoms with van der Waals surface area (Å²) in [6.07, 6.45) is 11.7. The Bertz CT molecular complexity index is 1070. The number of aliphatic imine (C=N–C) groups is 2. The Hall–Kier alpha value is -3.41. The van der Waals surface area contributed by atoms with Crippen molar-refractivity contribution in [3.8, 4) is 23.7 Å². The van der Waals surface area contributed by atoms with Gasteiger partial charge in [-0.25, -0.2) is 0 Å². The van der Waals surface area contributed by atoms with Crippen LogP contribution in [0.15, 0.2) is 63.3 Å². The van der Waals surface area contributed by atoms with Crippen molar-refractivity contribution >= 4 is 12.4 Å². The predicted octanol–water partition coefficient (Wildman–Crippen LogP) is 5.70. The minimum Gasteiger partial charge on any atom is -0.455 e. The molecule has 3 unspecified atom stereocenters. The highest BCUT2D eigenvalue weighted by molar-refractivity contribution is 5.80. The topological polar surface area (TPSA) is 83.8 Å². The van der Waals surface area contributed by atoms with E-state index in [-0.39, 0.29) is 6.04 Å². The first-order valence-corrected chi connectivity index (χ1v) is 11.4. The van der Waals surface area contributed by atoms with Gasteiger partial charge in [-0.05, 0) is 68.9 Å². The molecule has 2 rings (SSSR count). The third-order valence-electron chi connectivity index (χ3n) is 5.58. The monoisotopic (exact) mass is 442 g/mol. The zero-order chi connectivity index (χ0) is 24.2. The Kier molecular flexibility index (Phi) is 10.3. The second kappa shape index (κ2) is 13.2. The average Bonchev–Trinajstić information content (AvgIpc) is 2.83. The Balaban J connectivity index is 2.55. The van der Waals surface area contributed by atoms with Gasteiger partial charge in [0.1, 0.15) is 17.6 Å². The molecule has 0 spiro atoms. The van der Waals surface area contributed by atoms with Crippen molar-refractivity contribution in [2.45, 2.75) is 59.5 Å². The van der Waals surface area contributed by atoms with Crippen molar-refractivity contribution in [1.82, 2.24) is 0 Å². The molecule has 0 amide bonds. The van der Waals surface area contributed by atoms with E-state index in [9.17, 15) is 5.26 Å². The van der Waals surface area contributed by atoms with Crippen molar-refractivity contribution in [2.75, 3.05) is 6.54 Å². The summed E-state index contributed by atoms with van der Waals surface area (Å²) in [7, 11) is 0. The molecule has 1 aromatic rings. The normalized spacial score (nSPS) is 19.8. The molecule has 1 aliphatic heterocycles. The molecule has 1 aromatic carbocycles. The number of allylic oxidation sites excluding steroid dienone is 4. The lowest BCUT2D eigenvalue weighted by molar-refractivity contribution is 0.446. The van der Waals surface area contributed by atoms with Crippen molar-refractivity contribution in [2.24, 2.45) is 21.6 Å². The van der Waals surface area contributed by atoms with Crippen molar-refractivity contribution < 1.29 is 4.74 Å². The van der Waals surface area contributed by atoms with Crippen LogP contribution in [0.4, 0.5) is 0 Å². The van der Waals surface area contributed by atoms with Crippen LogP contribution < -0.4 is 10.5 Å². The molecule has 0 saturated heterocycles. The van der Waals surface area contributed by atoms with Gasteiger partial charge in [0.25, 0.3) is 0 Å². The summed E-state index contributed by atoms with van der Waals surface area (Å²) in [6.45, 7) is 10.6. The molecular formula is C28H34N4O. The molecule has 33 heavy (non-hydrogen) atoms. The van der Waals surface area contributed by atoms with Crippen molar-refractivity contribution in [3.05, 3.63) is 64.5 Å². The molecule has 1 heterocycles. The molecule has 5 nitrogen and oxygen atoms in total. The van der Waals surface area contributed by atoms with E-state index in [2.05, 4.69) is 54.7 Å². The van der Waals surface area contributed by atoms with Crippen LogP contribution >= 0.6 is 0 Å². The summed E-state index contributed by atoms with van der Waals surface area (Å²) in [5, 5.41) is 9.47. The molecule has 0 radical (unpaired) electrons. The fraction of sp³-hybridized carbons (Fsp3) is 0.393. The van der Waals surface area contributed by atoms with Crippen LogP contribution in [0.3, 0.4) is 0 Å². The van der Waals surface area contributed by atoms with Crippen LogP contribution in [-0.4, -0.2) is 25.0 Å². The maximum Gasteiger partial charge on any atom is 0.145 e. The van der Waals surface area contributed by atoms with Crippen molar-refractivity contribution in [3.63, 3.8) is 0 Å². The first kappa shape index (κ1) is 25.8. The minimum atomic E-state index is -0.450. The molecule has 3 atom stereocenters. The Morgan fingerprint density at radius 2 is 2.21 bits per heavy atom. The molecule has 5 heteroatoms. The number of nitrogens with two attached hydrogens (primary N) is 1. The molecule has 0 aliphatic carbocycles. The number of nitrogens with zero attached hydrogens (tertiary/aromatic N) is 3. The highest BCUT2D eigenvalue weighted by Crippen LogP contribution is 2.31. The largest absolute Gasteiger partial charge is 0.455 e. The lowest BCUT2D eigenvalue weighted by Crippen LogP contribution is -2.09. The van der Waals surface area contributed by atoms with E-state index in [0.717, 1.165) is 24.0 Å². The molecule has 172 valence electrons. The number of hydrogen-bond donors (Lipinski definition) is 1. The molecule has 1 aliphatic rings. The van der Waals surface area contributed by atoms with Crippen molar-refractivity contribution in [1.29, 1.82) is 5.26 Å². The van der Waals surface area contributed by atoms with Gasteiger partial charge < -0.3 is 10.5 Å². The van der Waals surface area contributed by atoms with Crippen LogP contribution in [0.2, 0.25) is 0 Å². The Morgan fingerprint density at radius 3 is 2.85 bits per heavy atom. The zero-order valence-corrected chi connectivity index (χ0v) is 20.3. The molecule has 0 fully saturated rings. The summed E-state index contributed by atoms with van der Waals surface area (Å²) in [4.78, 5) is 9.27. The van der Waals surface area contributed by atoms with Gasteiger partial charge in [0.15, 0.2) is 0 Å². The van der Waals surface area contributed by atoms with Gasteiger partial charge in [-0.15, -0.1) is 5.92 Å². The van der Waals surface area contributed by atoms with E-state index in [1.807, 2.05) is 25.1 Å². The highest BCUT2D eigenvalue weighted by Gasteiger charge is 2.17. The summed E-state index contributed by atoms with van der Waals surface area (Å²) in [5.74, 6) is 7.68. The van der Waals surface area contributed by atoms with Gasteiger partial charge in [-0.3, -0.25) is 9.98 Å². The Labute approximate surface area is 198 Å². The summed E-state index contributed by atoms with van der Waals surface area (Å²) in [5.41, 5.74) is 9.21. The highest BCUT2D eigenvalue weighted by atomic mass is 16.5. The van der Waals surface area contributed by atoms with Gasteiger partial charge in [0.2, 0.25) is 0 Å². The number of nitriles is 1. The summed E-state index contributed by atoms with van der Waals surface area (Å²) < 4.78 is 6.36. The lowest BCUT2D eigenvalue weighted by atomic mass is 9.95. The van der Waals surface area contributed by atoms with E-state index in [4.69, 9.17) is 10.5 Å². The molecule has 0 saturated carbocycles. The van der Waals surface area contributed by atoms with Gasteiger partial charge in [-0.2, -0.15) is 5.26 Å². The second-order valence-corrected chi connectivity index (χ2v) is 8.03. The van der Waals surface area contributed by atoms with Crippen LogP contribution in [0.5, 0.6) is 5.75 Å². The molecule has 0 aromatic heterocycles. The third kappa shape index (κ3) is 7.59. The zero-order valence-electron chi connectivity index (χ0n) is 20.3. The number of benzene rings is 1. The molecule has 0 bridgehead atoms. The average molecular weight is 443 g/mol. The molecule has 2 N–H and O–H groups in total. The maximum atomic E-state index is 9.47. The van der Waals surface area contributed by atoms with E-state index in [1.54, 1.807) is 31.5 Å². The standard InChI is InChI=1S/C28H34N4O/c1-6-9-27(32-18-22(8-3)16-29)26-13-11-23(17-30)14-28(26)33-25-15-24(20(4)7-2)12-10-21(5)31-19-25/h8,11-15,18-21,27H,7,10,16,29H2,1-5H3/b22-8-,24-12-,25-15?,31-19?,32-18?. The molecular weight excluding hydrogens is 408 g/mol. The quantitative estimate of drug-likeness (QED) is 0.414. The van der Waals surface area contributed by atoms with E-state index in [1.165, 1.54) is 5.57 Å². The maximum absolute atomic E-state index is 9.47. The van der Waals surface area contributed by atoms with Gasteiger partial charge in [0, 0.05) is 18.3 Å². The van der Waals surface area contributed by atoms with Gasteiger partial charge in [0.05, 0.1) is 23.9 Å². The predicted molar refractivity (Wildman–Crippen MR) is 137 cm³/mol. The Morgan fingerprint density at radius 1 is 1.42 bits per heavy atom. The van der Waals surface area contributed by atoms with Gasteiger partial charge >= 0.3 is 0 Å². The van der Waals surface area contributed by atoms with Gasteiger partial charge in [-0.1, -0.05) is 38.0 Å². The van der Waals surface area contributed by atoms with E-state index in [0.29, 0.717) is 29.5 Å². The SMILES string of the molecule is CC#CC(N=C/C(=C\C)CN)c1ccc(C#N)cc1OC1=C/C(C(C)CC)=C/CC(C)N=C1. The number of hydrogen-bond acceptors (Lipinski definition) is 5. The van der Waals surface area contributed by atoms with E-state index < -0.39 is 6.04 Å². The summed E-state index contributed by atoms with van der Waals surface area (Å²) >= 11 is 0. The number of rotatable bonds is 8. The first-order chi connectivity index (χ1) is 15.9. The second-order valence-electron chi connectivity index (χ2n) is 8.03. The van der Waals surface area contributed by atoms with Crippen LogP contribution in [-0.2, 0) is 0 Å². The lowest BCUT2D eigenvalue weighted by Gasteiger charge is -2.18.